The highest BCUT2D eigenvalue weighted by atomic mass is 19.1. The van der Waals surface area contributed by atoms with Crippen molar-refractivity contribution < 1.29 is 19.1 Å². The maximum absolute atomic E-state index is 13.9. The lowest BCUT2D eigenvalue weighted by Gasteiger charge is -2.39. The zero-order valence-corrected chi connectivity index (χ0v) is 15.3. The van der Waals surface area contributed by atoms with Crippen molar-refractivity contribution in [2.75, 3.05) is 19.6 Å². The van der Waals surface area contributed by atoms with E-state index in [1.54, 1.807) is 18.2 Å². The van der Waals surface area contributed by atoms with Crippen LogP contribution >= 0.6 is 0 Å². The molecular formula is C20H27FN2O3. The minimum absolute atomic E-state index is 0.303. The van der Waals surface area contributed by atoms with Gasteiger partial charge in [-0.3, -0.25) is 4.79 Å². The lowest BCUT2D eigenvalue weighted by molar-refractivity contribution is -0.155. The highest BCUT2D eigenvalue weighted by molar-refractivity contribution is 6.01. The molecular weight excluding hydrogens is 335 g/mol. The van der Waals surface area contributed by atoms with Crippen molar-refractivity contribution in [3.63, 3.8) is 0 Å². The van der Waals surface area contributed by atoms with E-state index in [-0.39, 0.29) is 11.9 Å². The van der Waals surface area contributed by atoms with Gasteiger partial charge >= 0.3 is 5.97 Å². The summed E-state index contributed by atoms with van der Waals surface area (Å²) >= 11 is 0. The fourth-order valence-corrected chi connectivity index (χ4v) is 3.92. The Kier molecular flexibility index (Phi) is 5.91. The molecule has 0 saturated carbocycles. The second kappa shape index (κ2) is 8.16. The van der Waals surface area contributed by atoms with Gasteiger partial charge < -0.3 is 14.8 Å². The number of carboxylic acids is 1. The molecule has 1 aromatic carbocycles. The van der Waals surface area contributed by atoms with Crippen molar-refractivity contribution in [1.29, 1.82) is 0 Å². The molecule has 2 aliphatic rings. The minimum Gasteiger partial charge on any atom is -0.481 e. The van der Waals surface area contributed by atoms with Gasteiger partial charge in [0.05, 0.1) is 11.1 Å². The third kappa shape index (κ3) is 4.06. The molecule has 2 heterocycles. The summed E-state index contributed by atoms with van der Waals surface area (Å²) in [6.45, 7) is 4.81. The largest absolute Gasteiger partial charge is 0.481 e. The molecule has 0 aromatic heterocycles. The number of hydrogen-bond donors (Lipinski definition) is 1. The quantitative estimate of drug-likeness (QED) is 0.804. The number of oxime groups is 1. The summed E-state index contributed by atoms with van der Waals surface area (Å²) in [5.41, 5.74) is 0.232. The molecule has 142 valence electrons. The number of nitrogens with zero attached hydrogens (tertiary/aromatic N) is 2. The number of hydrogen-bond acceptors (Lipinski definition) is 4. The van der Waals surface area contributed by atoms with Crippen LogP contribution in [0.5, 0.6) is 0 Å². The first-order chi connectivity index (χ1) is 12.5. The number of carbonyl (C=O) groups is 1. The van der Waals surface area contributed by atoms with E-state index in [1.807, 2.05) is 0 Å². The van der Waals surface area contributed by atoms with Crippen LogP contribution in [0.3, 0.4) is 0 Å². The Bertz CT molecular complexity index is 669. The minimum atomic E-state index is -0.770. The van der Waals surface area contributed by atoms with Gasteiger partial charge in [0.2, 0.25) is 0 Å². The monoisotopic (exact) mass is 362 g/mol. The highest BCUT2D eigenvalue weighted by Gasteiger charge is 2.44. The Balaban J connectivity index is 1.61. The van der Waals surface area contributed by atoms with Crippen LogP contribution in [0.25, 0.3) is 0 Å². The molecule has 26 heavy (non-hydrogen) atoms. The molecule has 0 aliphatic carbocycles. The van der Waals surface area contributed by atoms with Crippen molar-refractivity contribution in [1.82, 2.24) is 4.90 Å². The van der Waals surface area contributed by atoms with E-state index in [9.17, 15) is 14.3 Å². The maximum atomic E-state index is 13.9. The third-order valence-electron chi connectivity index (χ3n) is 5.63. The second-order valence-corrected chi connectivity index (χ2v) is 7.43. The van der Waals surface area contributed by atoms with Gasteiger partial charge in [-0.2, -0.15) is 0 Å². The Morgan fingerprint density at radius 3 is 2.77 bits per heavy atom. The third-order valence-corrected chi connectivity index (χ3v) is 5.63. The topological polar surface area (TPSA) is 62.1 Å². The molecule has 1 aromatic rings. The fraction of sp³-hybridized carbons (Fsp3) is 0.600. The van der Waals surface area contributed by atoms with E-state index in [1.165, 1.54) is 6.07 Å². The van der Waals surface area contributed by atoms with Crippen LogP contribution in [0.4, 0.5) is 4.39 Å². The van der Waals surface area contributed by atoms with E-state index in [0.717, 1.165) is 32.5 Å². The molecule has 5 nitrogen and oxygen atoms in total. The first-order valence-electron chi connectivity index (χ1n) is 9.47. The SMILES string of the molecule is CCCCN1CCC(CC2CC(c3ccccc3F)=NO2)(C(=O)O)CC1. The first-order valence-corrected chi connectivity index (χ1v) is 9.47. The predicted octanol–water partition coefficient (Wildman–Crippen LogP) is 3.68. The second-order valence-electron chi connectivity index (χ2n) is 7.43. The zero-order valence-electron chi connectivity index (χ0n) is 15.3. The summed E-state index contributed by atoms with van der Waals surface area (Å²) in [7, 11) is 0. The lowest BCUT2D eigenvalue weighted by Crippen LogP contribution is -2.46. The Labute approximate surface area is 153 Å². The lowest BCUT2D eigenvalue weighted by atomic mass is 9.73. The van der Waals surface area contributed by atoms with Crippen LogP contribution in [0.2, 0.25) is 0 Å². The van der Waals surface area contributed by atoms with Gasteiger partial charge in [0.15, 0.2) is 0 Å². The van der Waals surface area contributed by atoms with Crippen molar-refractivity contribution in [3.05, 3.63) is 35.6 Å². The van der Waals surface area contributed by atoms with Crippen LogP contribution < -0.4 is 0 Å². The van der Waals surface area contributed by atoms with Crippen molar-refractivity contribution in [2.45, 2.75) is 51.6 Å². The van der Waals surface area contributed by atoms with Crippen LogP contribution in [-0.4, -0.2) is 47.4 Å². The van der Waals surface area contributed by atoms with E-state index < -0.39 is 11.4 Å². The van der Waals surface area contributed by atoms with Gasteiger partial charge in [0.25, 0.3) is 0 Å². The number of piperidine rings is 1. The molecule has 6 heteroatoms. The summed E-state index contributed by atoms with van der Waals surface area (Å²) < 4.78 is 13.9. The summed E-state index contributed by atoms with van der Waals surface area (Å²) in [4.78, 5) is 19.9. The van der Waals surface area contributed by atoms with Crippen LogP contribution in [0.15, 0.2) is 29.4 Å². The van der Waals surface area contributed by atoms with Crippen LogP contribution in [0.1, 0.15) is 51.0 Å². The van der Waals surface area contributed by atoms with Crippen molar-refractivity contribution in [3.8, 4) is 0 Å². The van der Waals surface area contributed by atoms with Gasteiger partial charge in [0.1, 0.15) is 11.9 Å². The average Bonchev–Trinajstić information content (AvgIpc) is 3.09. The molecule has 2 aliphatic heterocycles. The van der Waals surface area contributed by atoms with Gasteiger partial charge in [-0.15, -0.1) is 0 Å². The Morgan fingerprint density at radius 2 is 2.12 bits per heavy atom. The van der Waals surface area contributed by atoms with Gasteiger partial charge in [-0.25, -0.2) is 4.39 Å². The number of benzene rings is 1. The van der Waals surface area contributed by atoms with Crippen LogP contribution in [0, 0.1) is 11.2 Å². The van der Waals surface area contributed by atoms with E-state index in [0.29, 0.717) is 37.0 Å². The highest BCUT2D eigenvalue weighted by Crippen LogP contribution is 2.39. The van der Waals surface area contributed by atoms with Crippen molar-refractivity contribution >= 4 is 11.7 Å². The standard InChI is InChI=1S/C20H27FN2O3/c1-2-3-10-23-11-8-20(9-12-23,19(24)25)14-15-13-18(22-26-15)16-6-4-5-7-17(16)21/h4-7,15H,2-3,8-14H2,1H3,(H,24,25). The number of carboxylic acid groups (broad SMARTS) is 1. The van der Waals surface area contributed by atoms with Gasteiger partial charge in [-0.1, -0.05) is 36.7 Å². The summed E-state index contributed by atoms with van der Waals surface area (Å²) in [5, 5.41) is 13.9. The molecule has 0 amide bonds. The number of halogens is 1. The van der Waals surface area contributed by atoms with Gasteiger partial charge in [0, 0.05) is 18.4 Å². The average molecular weight is 362 g/mol. The molecule has 1 atom stereocenters. The van der Waals surface area contributed by atoms with E-state index >= 15 is 0 Å². The first kappa shape index (κ1) is 18.8. The number of aliphatic carboxylic acids is 1. The maximum Gasteiger partial charge on any atom is 0.309 e. The molecule has 1 fully saturated rings. The Hall–Kier alpha value is -1.95. The molecule has 1 N–H and O–H groups in total. The van der Waals surface area contributed by atoms with Crippen molar-refractivity contribution in [2.24, 2.45) is 10.6 Å². The number of unbranched alkanes of at least 4 members (excludes halogenated alkanes) is 1. The molecule has 1 unspecified atom stereocenters. The molecule has 1 saturated heterocycles. The van der Waals surface area contributed by atoms with E-state index in [2.05, 4.69) is 17.0 Å². The smallest absolute Gasteiger partial charge is 0.309 e. The molecule has 0 bridgehead atoms. The summed E-state index contributed by atoms with van der Waals surface area (Å²) in [5.74, 6) is -1.08. The van der Waals surface area contributed by atoms with E-state index in [4.69, 9.17) is 4.84 Å². The molecule has 0 spiro atoms. The summed E-state index contributed by atoms with van der Waals surface area (Å²) in [6.07, 6.45) is 4.11. The Morgan fingerprint density at radius 1 is 1.38 bits per heavy atom. The summed E-state index contributed by atoms with van der Waals surface area (Å²) in [6, 6.07) is 6.48. The predicted molar refractivity (Wildman–Crippen MR) is 97.7 cm³/mol. The molecule has 3 rings (SSSR count). The number of rotatable bonds is 7. The van der Waals surface area contributed by atoms with Crippen LogP contribution in [-0.2, 0) is 9.63 Å². The normalized spacial score (nSPS) is 22.7. The van der Waals surface area contributed by atoms with Gasteiger partial charge in [-0.05, 0) is 45.0 Å². The fourth-order valence-electron chi connectivity index (χ4n) is 3.92. The molecule has 0 radical (unpaired) electrons. The zero-order chi connectivity index (χ0) is 18.6. The number of likely N-dealkylation sites (tertiary alicyclic amines) is 1.